The second-order valence-electron chi connectivity index (χ2n) is 7.13. The molecule has 1 saturated heterocycles. The van der Waals surface area contributed by atoms with Gasteiger partial charge < -0.3 is 19.7 Å². The van der Waals surface area contributed by atoms with Gasteiger partial charge >= 0.3 is 0 Å². The van der Waals surface area contributed by atoms with E-state index in [1.165, 1.54) is 5.56 Å². The van der Waals surface area contributed by atoms with Crippen LogP contribution in [0.1, 0.15) is 30.9 Å². The molecule has 0 aromatic heterocycles. The van der Waals surface area contributed by atoms with Crippen LogP contribution in [-0.2, 0) is 9.53 Å². The van der Waals surface area contributed by atoms with E-state index < -0.39 is 0 Å². The number of carbonyl (C=O) groups is 1. The van der Waals surface area contributed by atoms with Gasteiger partial charge in [0.1, 0.15) is 5.75 Å². The van der Waals surface area contributed by atoms with E-state index in [4.69, 9.17) is 9.47 Å². The zero-order valence-corrected chi connectivity index (χ0v) is 16.3. The normalized spacial score (nSPS) is 14.3. The van der Waals surface area contributed by atoms with E-state index in [0.717, 1.165) is 35.8 Å². The number of para-hydroxylation sites is 2. The molecule has 3 rings (SSSR count). The fraction of sp³-hybridized carbons (Fsp3) is 0.409. The molecule has 0 atom stereocenters. The van der Waals surface area contributed by atoms with Gasteiger partial charge in [-0.1, -0.05) is 38.1 Å². The lowest BCUT2D eigenvalue weighted by Gasteiger charge is -2.30. The topological polar surface area (TPSA) is 50.8 Å². The molecule has 2 aromatic carbocycles. The number of morpholine rings is 1. The number of hydrogen-bond donors (Lipinski definition) is 1. The van der Waals surface area contributed by atoms with Crippen LogP contribution >= 0.6 is 0 Å². The number of carbonyl (C=O) groups excluding carboxylic acids is 1. The molecule has 0 bridgehead atoms. The first kappa shape index (κ1) is 19.2. The van der Waals surface area contributed by atoms with E-state index in [2.05, 4.69) is 30.1 Å². The predicted octanol–water partition coefficient (Wildman–Crippen LogP) is 3.97. The van der Waals surface area contributed by atoms with Gasteiger partial charge in [0.15, 0.2) is 6.61 Å². The summed E-state index contributed by atoms with van der Waals surface area (Å²) in [4.78, 5) is 14.7. The number of nitrogens with zero attached hydrogens (tertiary/aromatic N) is 1. The average molecular weight is 368 g/mol. The molecule has 0 saturated carbocycles. The lowest BCUT2D eigenvalue weighted by atomic mass is 10.0. The summed E-state index contributed by atoms with van der Waals surface area (Å²) in [5, 5.41) is 2.99. The highest BCUT2D eigenvalue weighted by atomic mass is 16.5. The molecule has 1 amide bonds. The highest BCUT2D eigenvalue weighted by molar-refractivity contribution is 5.95. The van der Waals surface area contributed by atoms with Crippen molar-refractivity contribution < 1.29 is 14.3 Å². The molecule has 1 aliphatic heterocycles. The average Bonchev–Trinajstić information content (AvgIpc) is 2.68. The number of hydrogen-bond acceptors (Lipinski definition) is 4. The van der Waals surface area contributed by atoms with E-state index in [9.17, 15) is 4.79 Å². The summed E-state index contributed by atoms with van der Waals surface area (Å²) in [6, 6.07) is 14.0. The van der Waals surface area contributed by atoms with Gasteiger partial charge in [0.05, 0.1) is 24.6 Å². The lowest BCUT2D eigenvalue weighted by Crippen LogP contribution is -2.37. The zero-order valence-electron chi connectivity index (χ0n) is 16.3. The molecule has 5 nitrogen and oxygen atoms in total. The van der Waals surface area contributed by atoms with Crippen molar-refractivity contribution in [1.29, 1.82) is 0 Å². The minimum atomic E-state index is -0.162. The quantitative estimate of drug-likeness (QED) is 0.838. The summed E-state index contributed by atoms with van der Waals surface area (Å²) < 4.78 is 11.2. The highest BCUT2D eigenvalue weighted by Gasteiger charge is 2.16. The van der Waals surface area contributed by atoms with Crippen LogP contribution in [0, 0.1) is 6.92 Å². The van der Waals surface area contributed by atoms with Gasteiger partial charge in [0.2, 0.25) is 0 Å². The Balaban J connectivity index is 1.64. The van der Waals surface area contributed by atoms with Crippen LogP contribution in [0.3, 0.4) is 0 Å². The van der Waals surface area contributed by atoms with Crippen LogP contribution in [0.15, 0.2) is 42.5 Å². The first-order chi connectivity index (χ1) is 13.0. The largest absolute Gasteiger partial charge is 0.483 e. The molecule has 1 N–H and O–H groups in total. The van der Waals surface area contributed by atoms with Crippen LogP contribution < -0.4 is 15.0 Å². The Labute approximate surface area is 161 Å². The maximum absolute atomic E-state index is 12.5. The van der Waals surface area contributed by atoms with Crippen molar-refractivity contribution in [2.45, 2.75) is 26.7 Å². The Bertz CT molecular complexity index is 783. The van der Waals surface area contributed by atoms with Crippen LogP contribution in [0.25, 0.3) is 0 Å². The fourth-order valence-corrected chi connectivity index (χ4v) is 3.12. The number of nitrogens with one attached hydrogen (secondary N) is 1. The molecule has 0 radical (unpaired) electrons. The van der Waals surface area contributed by atoms with Crippen LogP contribution in [0.2, 0.25) is 0 Å². The SMILES string of the molecule is Cc1ccc(C(C)C)cc1OCC(=O)Nc1ccccc1N1CCOCC1. The van der Waals surface area contributed by atoms with Gasteiger partial charge in [-0.15, -0.1) is 0 Å². The summed E-state index contributed by atoms with van der Waals surface area (Å²) in [5.74, 6) is 1.02. The van der Waals surface area contributed by atoms with Gasteiger partial charge in [-0.05, 0) is 42.2 Å². The first-order valence-electron chi connectivity index (χ1n) is 9.49. The summed E-state index contributed by atoms with van der Waals surface area (Å²) in [7, 11) is 0. The number of benzene rings is 2. The second-order valence-corrected chi connectivity index (χ2v) is 7.13. The van der Waals surface area contributed by atoms with E-state index in [1.807, 2.05) is 43.3 Å². The van der Waals surface area contributed by atoms with Crippen molar-refractivity contribution in [3.63, 3.8) is 0 Å². The maximum Gasteiger partial charge on any atom is 0.262 e. The smallest absolute Gasteiger partial charge is 0.262 e. The fourth-order valence-electron chi connectivity index (χ4n) is 3.12. The molecule has 27 heavy (non-hydrogen) atoms. The first-order valence-corrected chi connectivity index (χ1v) is 9.49. The van der Waals surface area contributed by atoms with Gasteiger partial charge in [-0.2, -0.15) is 0 Å². The van der Waals surface area contributed by atoms with Crippen molar-refractivity contribution in [1.82, 2.24) is 0 Å². The minimum Gasteiger partial charge on any atom is -0.483 e. The van der Waals surface area contributed by atoms with Gasteiger partial charge in [0, 0.05) is 13.1 Å². The molecule has 1 fully saturated rings. The summed E-state index contributed by atoms with van der Waals surface area (Å²) in [6.07, 6.45) is 0. The van der Waals surface area contributed by atoms with E-state index in [-0.39, 0.29) is 12.5 Å². The molecule has 0 spiro atoms. The van der Waals surface area contributed by atoms with Crippen LogP contribution in [0.5, 0.6) is 5.75 Å². The van der Waals surface area contributed by atoms with Crippen molar-refractivity contribution >= 4 is 17.3 Å². The monoisotopic (exact) mass is 368 g/mol. The van der Waals surface area contributed by atoms with Crippen molar-refractivity contribution in [2.24, 2.45) is 0 Å². The second kappa shape index (κ2) is 8.91. The molecule has 1 heterocycles. The zero-order chi connectivity index (χ0) is 19.2. The number of aryl methyl sites for hydroxylation is 1. The number of ether oxygens (including phenoxy) is 2. The molecule has 2 aromatic rings. The van der Waals surface area contributed by atoms with Gasteiger partial charge in [-0.25, -0.2) is 0 Å². The number of anilines is 2. The Morgan fingerprint density at radius 3 is 2.67 bits per heavy atom. The molecular formula is C22H28N2O3. The molecule has 5 heteroatoms. The third kappa shape index (κ3) is 5.01. The standard InChI is InChI=1S/C22H28N2O3/c1-16(2)18-9-8-17(3)21(14-18)27-15-22(25)23-19-6-4-5-7-20(19)24-10-12-26-13-11-24/h4-9,14,16H,10-13,15H2,1-3H3,(H,23,25). The van der Waals surface area contributed by atoms with Crippen molar-refractivity contribution in [3.05, 3.63) is 53.6 Å². The highest BCUT2D eigenvalue weighted by Crippen LogP contribution is 2.27. The number of amides is 1. The lowest BCUT2D eigenvalue weighted by molar-refractivity contribution is -0.118. The van der Waals surface area contributed by atoms with E-state index >= 15 is 0 Å². The van der Waals surface area contributed by atoms with E-state index in [0.29, 0.717) is 19.1 Å². The Morgan fingerprint density at radius 2 is 1.93 bits per heavy atom. The van der Waals surface area contributed by atoms with Crippen molar-refractivity contribution in [3.8, 4) is 5.75 Å². The summed E-state index contributed by atoms with van der Waals surface area (Å²) in [6.45, 7) is 9.32. The third-order valence-electron chi connectivity index (χ3n) is 4.77. The van der Waals surface area contributed by atoms with Crippen LogP contribution in [0.4, 0.5) is 11.4 Å². The number of rotatable bonds is 6. The molecule has 0 unspecified atom stereocenters. The molecule has 0 aliphatic carbocycles. The predicted molar refractivity (Wildman–Crippen MR) is 109 cm³/mol. The Morgan fingerprint density at radius 1 is 1.19 bits per heavy atom. The van der Waals surface area contributed by atoms with Crippen LogP contribution in [-0.4, -0.2) is 38.8 Å². The summed E-state index contributed by atoms with van der Waals surface area (Å²) in [5.41, 5.74) is 4.06. The Kier molecular flexibility index (Phi) is 6.35. The van der Waals surface area contributed by atoms with E-state index in [1.54, 1.807) is 0 Å². The molecular weight excluding hydrogens is 340 g/mol. The van der Waals surface area contributed by atoms with Gasteiger partial charge in [-0.3, -0.25) is 4.79 Å². The molecule has 1 aliphatic rings. The minimum absolute atomic E-state index is 0.0141. The molecule has 144 valence electrons. The maximum atomic E-state index is 12.5. The van der Waals surface area contributed by atoms with Crippen molar-refractivity contribution in [2.75, 3.05) is 43.1 Å². The summed E-state index contributed by atoms with van der Waals surface area (Å²) >= 11 is 0. The van der Waals surface area contributed by atoms with Gasteiger partial charge in [0.25, 0.3) is 5.91 Å². The Hall–Kier alpha value is -2.53. The third-order valence-corrected chi connectivity index (χ3v) is 4.77.